The van der Waals surface area contributed by atoms with Gasteiger partial charge in [-0.2, -0.15) is 0 Å². The summed E-state index contributed by atoms with van der Waals surface area (Å²) < 4.78 is 5.72. The molecular formula is C24H35IN6O. The number of aromatic nitrogens is 1. The Balaban J connectivity index is 0.00000363. The summed E-state index contributed by atoms with van der Waals surface area (Å²) in [4.78, 5) is 13.8. The molecule has 0 amide bonds. The van der Waals surface area contributed by atoms with Gasteiger partial charge in [0.15, 0.2) is 5.96 Å². The molecule has 0 bridgehead atoms. The molecule has 0 atom stereocenters. The number of benzene rings is 1. The molecule has 1 aliphatic heterocycles. The summed E-state index contributed by atoms with van der Waals surface area (Å²) in [5.74, 6) is 2.64. The number of pyridine rings is 1. The lowest BCUT2D eigenvalue weighted by Crippen LogP contribution is -2.46. The van der Waals surface area contributed by atoms with Crippen LogP contribution in [0.15, 0.2) is 60.2 Å². The van der Waals surface area contributed by atoms with E-state index in [-0.39, 0.29) is 24.0 Å². The zero-order valence-corrected chi connectivity index (χ0v) is 21.4. The van der Waals surface area contributed by atoms with E-state index in [1.54, 1.807) is 13.1 Å². The Kier molecular flexibility index (Phi) is 11.3. The summed E-state index contributed by atoms with van der Waals surface area (Å²) in [6.45, 7) is 13.1. The van der Waals surface area contributed by atoms with Crippen LogP contribution in [-0.2, 0) is 13.1 Å². The van der Waals surface area contributed by atoms with Gasteiger partial charge in [0.25, 0.3) is 0 Å². The normalized spacial score (nSPS) is 14.4. The molecule has 2 N–H and O–H groups in total. The fourth-order valence-corrected chi connectivity index (χ4v) is 3.53. The molecule has 0 radical (unpaired) electrons. The Bertz CT molecular complexity index is 850. The quantitative estimate of drug-likeness (QED) is 0.216. The SMILES string of the molecule is C=CCOc1ccccc1CNC(=NC)NCc1ccc(N2CCN(CC)CC2)nc1.I. The summed E-state index contributed by atoms with van der Waals surface area (Å²) in [6.07, 6.45) is 3.69. The Morgan fingerprint density at radius 3 is 2.53 bits per heavy atom. The van der Waals surface area contributed by atoms with E-state index in [0.29, 0.717) is 19.7 Å². The molecule has 7 nitrogen and oxygen atoms in total. The van der Waals surface area contributed by atoms with Gasteiger partial charge in [0.1, 0.15) is 18.2 Å². The fourth-order valence-electron chi connectivity index (χ4n) is 3.53. The number of nitrogens with zero attached hydrogens (tertiary/aromatic N) is 4. The topological polar surface area (TPSA) is 65.0 Å². The molecule has 3 rings (SSSR count). The van der Waals surface area contributed by atoms with Crippen molar-refractivity contribution in [2.75, 3.05) is 51.3 Å². The van der Waals surface area contributed by atoms with Crippen LogP contribution in [0.4, 0.5) is 5.82 Å². The van der Waals surface area contributed by atoms with E-state index >= 15 is 0 Å². The number of hydrogen-bond donors (Lipinski definition) is 2. The number of guanidine groups is 1. The molecule has 1 aliphatic rings. The maximum atomic E-state index is 5.72. The Labute approximate surface area is 209 Å². The first-order valence-electron chi connectivity index (χ1n) is 10.9. The van der Waals surface area contributed by atoms with Crippen molar-refractivity contribution in [3.8, 4) is 5.75 Å². The van der Waals surface area contributed by atoms with Gasteiger partial charge in [-0.25, -0.2) is 4.98 Å². The van der Waals surface area contributed by atoms with Crippen molar-refractivity contribution >= 4 is 35.8 Å². The lowest BCUT2D eigenvalue weighted by atomic mass is 10.2. The second kappa shape index (κ2) is 13.9. The predicted octanol–water partition coefficient (Wildman–Crippen LogP) is 3.27. The third kappa shape index (κ3) is 7.67. The van der Waals surface area contributed by atoms with E-state index in [1.807, 2.05) is 30.5 Å². The van der Waals surface area contributed by atoms with Crippen LogP contribution in [0.2, 0.25) is 0 Å². The number of ether oxygens (including phenoxy) is 1. The number of hydrogen-bond acceptors (Lipinski definition) is 5. The van der Waals surface area contributed by atoms with E-state index in [2.05, 4.69) is 56.0 Å². The highest BCUT2D eigenvalue weighted by Gasteiger charge is 2.16. The molecule has 1 fully saturated rings. The maximum absolute atomic E-state index is 5.72. The van der Waals surface area contributed by atoms with E-state index in [4.69, 9.17) is 4.74 Å². The monoisotopic (exact) mass is 550 g/mol. The van der Waals surface area contributed by atoms with Gasteiger partial charge in [-0.15, -0.1) is 24.0 Å². The number of likely N-dealkylation sites (N-methyl/N-ethyl adjacent to an activating group) is 1. The van der Waals surface area contributed by atoms with Crippen molar-refractivity contribution in [2.45, 2.75) is 20.0 Å². The molecule has 8 heteroatoms. The summed E-state index contributed by atoms with van der Waals surface area (Å²) in [5, 5.41) is 6.70. The molecule has 0 unspecified atom stereocenters. The van der Waals surface area contributed by atoms with Crippen molar-refractivity contribution in [3.63, 3.8) is 0 Å². The second-order valence-corrected chi connectivity index (χ2v) is 7.43. The highest BCUT2D eigenvalue weighted by Crippen LogP contribution is 2.17. The molecule has 0 saturated carbocycles. The van der Waals surface area contributed by atoms with Crippen LogP contribution < -0.4 is 20.3 Å². The van der Waals surface area contributed by atoms with Crippen LogP contribution in [0.25, 0.3) is 0 Å². The van der Waals surface area contributed by atoms with Crippen molar-refractivity contribution in [1.82, 2.24) is 20.5 Å². The number of halogens is 1. The number of anilines is 1. The summed E-state index contributed by atoms with van der Waals surface area (Å²) in [5.41, 5.74) is 2.19. The smallest absolute Gasteiger partial charge is 0.191 e. The number of rotatable bonds is 9. The van der Waals surface area contributed by atoms with Crippen molar-refractivity contribution in [1.29, 1.82) is 0 Å². The van der Waals surface area contributed by atoms with Gasteiger partial charge < -0.3 is 25.2 Å². The molecule has 2 heterocycles. The van der Waals surface area contributed by atoms with Crippen LogP contribution >= 0.6 is 24.0 Å². The van der Waals surface area contributed by atoms with E-state index in [1.165, 1.54) is 0 Å². The molecule has 1 aromatic carbocycles. The average molecular weight is 550 g/mol. The van der Waals surface area contributed by atoms with Gasteiger partial charge in [0, 0.05) is 58.1 Å². The summed E-state index contributed by atoms with van der Waals surface area (Å²) in [7, 11) is 1.77. The zero-order valence-electron chi connectivity index (χ0n) is 19.1. The standard InChI is InChI=1S/C24H34N6O.HI/c1-4-16-31-22-9-7-6-8-21(22)19-28-24(25-3)27-18-20-10-11-23(26-17-20)30-14-12-29(5-2)13-15-30;/h4,6-11,17H,1,5,12-16,18-19H2,2-3H3,(H2,25,27,28);1H. The number of para-hydroxylation sites is 1. The fraction of sp³-hybridized carbons (Fsp3) is 0.417. The third-order valence-electron chi connectivity index (χ3n) is 5.41. The highest BCUT2D eigenvalue weighted by atomic mass is 127. The highest BCUT2D eigenvalue weighted by molar-refractivity contribution is 14.0. The Hall–Kier alpha value is -2.33. The van der Waals surface area contributed by atoms with Gasteiger partial charge in [-0.1, -0.05) is 43.8 Å². The van der Waals surface area contributed by atoms with Crippen molar-refractivity contribution in [3.05, 3.63) is 66.4 Å². The molecule has 1 saturated heterocycles. The Morgan fingerprint density at radius 1 is 1.12 bits per heavy atom. The molecule has 0 aliphatic carbocycles. The lowest BCUT2D eigenvalue weighted by Gasteiger charge is -2.34. The van der Waals surface area contributed by atoms with Crippen LogP contribution in [0.1, 0.15) is 18.1 Å². The predicted molar refractivity (Wildman–Crippen MR) is 143 cm³/mol. The van der Waals surface area contributed by atoms with Crippen LogP contribution in [-0.4, -0.2) is 62.2 Å². The maximum Gasteiger partial charge on any atom is 0.191 e. The van der Waals surface area contributed by atoms with E-state index in [9.17, 15) is 0 Å². The molecule has 0 spiro atoms. The number of aliphatic imine (C=N–C) groups is 1. The van der Waals surface area contributed by atoms with Gasteiger partial charge in [0.2, 0.25) is 0 Å². The molecule has 1 aromatic heterocycles. The van der Waals surface area contributed by atoms with Gasteiger partial charge in [0.05, 0.1) is 0 Å². The number of nitrogens with one attached hydrogen (secondary N) is 2. The van der Waals surface area contributed by atoms with E-state index in [0.717, 1.165) is 61.4 Å². The van der Waals surface area contributed by atoms with Gasteiger partial charge in [-0.05, 0) is 24.2 Å². The van der Waals surface area contributed by atoms with Gasteiger partial charge >= 0.3 is 0 Å². The van der Waals surface area contributed by atoms with Crippen LogP contribution in [0.3, 0.4) is 0 Å². The first-order chi connectivity index (χ1) is 15.2. The van der Waals surface area contributed by atoms with Crippen LogP contribution in [0, 0.1) is 0 Å². The van der Waals surface area contributed by atoms with Crippen molar-refractivity contribution < 1.29 is 4.74 Å². The van der Waals surface area contributed by atoms with Crippen LogP contribution in [0.5, 0.6) is 5.75 Å². The zero-order chi connectivity index (χ0) is 21.9. The second-order valence-electron chi connectivity index (χ2n) is 7.43. The summed E-state index contributed by atoms with van der Waals surface area (Å²) in [6, 6.07) is 12.2. The minimum Gasteiger partial charge on any atom is -0.489 e. The largest absolute Gasteiger partial charge is 0.489 e. The molecule has 2 aromatic rings. The van der Waals surface area contributed by atoms with E-state index < -0.39 is 0 Å². The van der Waals surface area contributed by atoms with Gasteiger partial charge in [-0.3, -0.25) is 4.99 Å². The molecular weight excluding hydrogens is 515 g/mol. The van der Waals surface area contributed by atoms with Crippen molar-refractivity contribution in [2.24, 2.45) is 4.99 Å². The molecule has 174 valence electrons. The summed E-state index contributed by atoms with van der Waals surface area (Å²) >= 11 is 0. The number of piperazine rings is 1. The first-order valence-corrected chi connectivity index (χ1v) is 10.9. The first kappa shape index (κ1) is 25.9. The molecule has 32 heavy (non-hydrogen) atoms. The average Bonchev–Trinajstić information content (AvgIpc) is 2.84. The minimum absolute atomic E-state index is 0. The third-order valence-corrected chi connectivity index (χ3v) is 5.41. The lowest BCUT2D eigenvalue weighted by molar-refractivity contribution is 0.270. The Morgan fingerprint density at radius 2 is 1.88 bits per heavy atom. The minimum atomic E-state index is 0.